The maximum absolute atomic E-state index is 14.2. The maximum Gasteiger partial charge on any atom is 0.323 e. The molecule has 1 aliphatic heterocycles. The maximum atomic E-state index is 14.2. The lowest BCUT2D eigenvalue weighted by atomic mass is 9.90. The average Bonchev–Trinajstić information content (AvgIpc) is 3.20. The Bertz CT molecular complexity index is 3520. The first-order chi connectivity index (χ1) is 30.1. The first-order valence-corrected chi connectivity index (χ1v) is 25.5. The number of amides is 1. The van der Waals surface area contributed by atoms with Crippen LogP contribution in [0.4, 0.5) is 5.69 Å². The van der Waals surface area contributed by atoms with Gasteiger partial charge in [-0.2, -0.15) is 42.1 Å². The van der Waals surface area contributed by atoms with Crippen LogP contribution in [-0.4, -0.2) is 106 Å². The van der Waals surface area contributed by atoms with Gasteiger partial charge in [0.1, 0.15) is 6.54 Å². The zero-order valence-corrected chi connectivity index (χ0v) is 36.8. The highest BCUT2D eigenvalue weighted by Crippen LogP contribution is 2.46. The molecule has 1 heterocycles. The number of rotatable bonds is 16. The van der Waals surface area contributed by atoms with Crippen molar-refractivity contribution in [3.05, 3.63) is 119 Å². The number of anilines is 1. The summed E-state index contributed by atoms with van der Waals surface area (Å²) in [6, 6.07) is 19.4. The third kappa shape index (κ3) is 11.0. The molecule has 65 heavy (non-hydrogen) atoms. The Labute approximate surface area is 369 Å². The fraction of sp³-hybridized carbons (Fsp3) is 0.132. The number of aliphatic carboxylic acids is 1. The predicted molar refractivity (Wildman–Crippen MR) is 225 cm³/mol. The molecule has 27 heteroatoms. The summed E-state index contributed by atoms with van der Waals surface area (Å²) in [5, 5.41) is 11.6. The molecule has 1 amide bonds. The molecule has 344 valence electrons. The number of hydrogen-bond donors (Lipinski definition) is 8. The Morgan fingerprint density at radius 1 is 0.662 bits per heavy atom. The summed E-state index contributed by atoms with van der Waals surface area (Å²) >= 11 is 0. The lowest BCUT2D eigenvalue weighted by Crippen LogP contribution is -2.75. The van der Waals surface area contributed by atoms with Crippen LogP contribution in [0.3, 0.4) is 0 Å². The van der Waals surface area contributed by atoms with Gasteiger partial charge in [0, 0.05) is 46.8 Å². The van der Waals surface area contributed by atoms with Gasteiger partial charge in [0.2, 0.25) is 10.3 Å². The molecule has 0 saturated heterocycles. The van der Waals surface area contributed by atoms with Crippen LogP contribution in [0.2, 0.25) is 0 Å². The molecule has 0 unspecified atom stereocenters. The summed E-state index contributed by atoms with van der Waals surface area (Å²) in [6.45, 7) is -2.74. The van der Waals surface area contributed by atoms with Crippen LogP contribution in [0, 0.1) is 0 Å². The zero-order chi connectivity index (χ0) is 47.9. The smallest absolute Gasteiger partial charge is 0.323 e. The first kappa shape index (κ1) is 48.3. The molecule has 0 aromatic heterocycles. The van der Waals surface area contributed by atoms with E-state index in [2.05, 4.69) is 10.3 Å². The molecule has 0 radical (unpaired) electrons. The van der Waals surface area contributed by atoms with Gasteiger partial charge in [-0.25, -0.2) is 4.99 Å². The molecule has 2 aliphatic rings. The molecule has 6 rings (SSSR count). The van der Waals surface area contributed by atoms with E-state index < -0.39 is 130 Å². The predicted octanol–water partition coefficient (Wildman–Crippen LogP) is 1.40. The minimum absolute atomic E-state index is 0.0862. The normalized spacial score (nSPS) is 13.0. The van der Waals surface area contributed by atoms with Gasteiger partial charge in [0.25, 0.3) is 46.4 Å². The van der Waals surface area contributed by atoms with Crippen molar-refractivity contribution in [3.63, 3.8) is 0 Å². The molecule has 4 aromatic rings. The van der Waals surface area contributed by atoms with E-state index in [0.717, 1.165) is 30.3 Å². The molecule has 1 aliphatic carbocycles. The van der Waals surface area contributed by atoms with Crippen LogP contribution in [0.25, 0.3) is 33.4 Å². The Morgan fingerprint density at radius 3 is 1.89 bits per heavy atom. The number of carbonyl (C=O) groups excluding carboxylic acids is 1. The zero-order valence-electron chi connectivity index (χ0n) is 32.8. The van der Waals surface area contributed by atoms with Crippen molar-refractivity contribution in [2.75, 3.05) is 24.2 Å². The third-order valence-electron chi connectivity index (χ3n) is 9.57. The van der Waals surface area contributed by atoms with Gasteiger partial charge < -0.3 is 19.7 Å². The quantitative estimate of drug-likeness (QED) is 0.0502. The van der Waals surface area contributed by atoms with Gasteiger partial charge in [0.15, 0.2) is 22.8 Å². The van der Waals surface area contributed by atoms with Gasteiger partial charge in [-0.15, -0.1) is 0 Å². The second-order valence-electron chi connectivity index (χ2n) is 13.9. The van der Waals surface area contributed by atoms with Crippen LogP contribution < -0.4 is 15.7 Å². The molecular weight excluding hydrogens is 963 g/mol. The molecule has 22 nitrogen and oxygen atoms in total. The van der Waals surface area contributed by atoms with Crippen LogP contribution in [0.5, 0.6) is 0 Å². The molecule has 0 bridgehead atoms. The number of carboxylic acid groups (broad SMARTS) is 1. The number of carboxylic acids is 1. The van der Waals surface area contributed by atoms with Gasteiger partial charge in [-0.3, -0.25) is 32.4 Å². The second kappa shape index (κ2) is 18.0. The van der Waals surface area contributed by atoms with Crippen LogP contribution in [0.15, 0.2) is 121 Å². The summed E-state index contributed by atoms with van der Waals surface area (Å²) in [4.78, 5) is 26.2. The van der Waals surface area contributed by atoms with Crippen molar-refractivity contribution in [2.24, 2.45) is 0 Å². The van der Waals surface area contributed by atoms with Crippen molar-refractivity contribution in [1.29, 1.82) is 0 Å². The first-order valence-electron chi connectivity index (χ1n) is 18.1. The van der Waals surface area contributed by atoms with Crippen molar-refractivity contribution >= 4 is 79.1 Å². The molecular formula is C38H34N3O19S5+. The molecule has 8 N–H and O–H groups in total. The van der Waals surface area contributed by atoms with Crippen LogP contribution >= 0.6 is 0 Å². The molecule has 0 fully saturated rings. The fourth-order valence-corrected chi connectivity index (χ4v) is 10.1. The van der Waals surface area contributed by atoms with E-state index in [9.17, 15) is 79.5 Å². The summed E-state index contributed by atoms with van der Waals surface area (Å²) in [7, 11) is -25.1. The minimum Gasteiger partial charge on any atom is -0.480 e. The van der Waals surface area contributed by atoms with Gasteiger partial charge in [-0.05, 0) is 53.6 Å². The van der Waals surface area contributed by atoms with E-state index in [1.807, 2.05) is 0 Å². The van der Waals surface area contributed by atoms with Crippen LogP contribution in [-0.2, 0) is 68.5 Å². The Hall–Kier alpha value is -6.14. The van der Waals surface area contributed by atoms with E-state index in [1.54, 1.807) is 0 Å². The third-order valence-corrected chi connectivity index (χ3v) is 13.9. The number of carbonyl (C=O) groups is 2. The summed E-state index contributed by atoms with van der Waals surface area (Å²) in [6.07, 6.45) is 0. The fourth-order valence-electron chi connectivity index (χ4n) is 6.82. The molecule has 0 spiro atoms. The topological polar surface area (TPSA) is 369 Å². The van der Waals surface area contributed by atoms with Crippen molar-refractivity contribution in [2.45, 2.75) is 32.7 Å². The summed E-state index contributed by atoms with van der Waals surface area (Å²) in [5.74, 6) is -4.64. The highest BCUT2D eigenvalue weighted by molar-refractivity contribution is 7.87. The number of hydrogen-bond acceptors (Lipinski definition) is 14. The summed E-state index contributed by atoms with van der Waals surface area (Å²) < 4.78 is 180. The highest BCUT2D eigenvalue weighted by Gasteiger charge is 2.34. The second-order valence-corrected chi connectivity index (χ2v) is 21.0. The monoisotopic (exact) mass is 996 g/mol. The highest BCUT2D eigenvalue weighted by atomic mass is 32.2. The Morgan fingerprint density at radius 2 is 1.29 bits per heavy atom. The number of fused-ring (bicyclic) bond motifs is 2. The Kier molecular flexibility index (Phi) is 13.4. The van der Waals surface area contributed by atoms with Crippen molar-refractivity contribution in [1.82, 2.24) is 4.90 Å². The average molecular weight is 997 g/mol. The van der Waals surface area contributed by atoms with Gasteiger partial charge in [-0.1, -0.05) is 48.5 Å². The minimum atomic E-state index is -5.50. The lowest BCUT2D eigenvalue weighted by Gasteiger charge is -2.24. The van der Waals surface area contributed by atoms with E-state index in [1.165, 1.54) is 66.7 Å². The van der Waals surface area contributed by atoms with E-state index >= 15 is 0 Å². The van der Waals surface area contributed by atoms with Gasteiger partial charge >= 0.3 is 16.1 Å². The standard InChI is InChI=1S/C38H33N3O19S5/c42-32(43)21-41(17-18-61(45,46)47)38(44)26-7-3-2-6-25(26)33-27-13-15-29(39-19-22-9-11-24(12-10-22)62(48,49)50)36(64(54,55)56)34(27)60-35-28(33)14-16-30(37(35)65(57,58)59)40-20-23-5-1-4-8-31(23)63(51,52)53/h1-16,40H,17-21H2,(H,42,43)(H,45,46,47)(H,48,49,50)(H,51,52,53)(H,54,55,56)(H,57,58,59)/p+1. The largest absolute Gasteiger partial charge is 0.480 e. The van der Waals surface area contributed by atoms with E-state index in [0.29, 0.717) is 10.5 Å². The van der Waals surface area contributed by atoms with Crippen molar-refractivity contribution in [3.8, 4) is 22.5 Å². The Balaban J connectivity index is 1.70. The number of nitrogens with zero attached hydrogens (tertiary/aromatic N) is 1. The van der Waals surface area contributed by atoms with Crippen LogP contribution in [0.1, 0.15) is 21.5 Å². The van der Waals surface area contributed by atoms with E-state index in [-0.39, 0.29) is 39.7 Å². The van der Waals surface area contributed by atoms with E-state index in [4.69, 9.17) is 4.42 Å². The number of nitrogens with one attached hydrogen (secondary N) is 2. The number of benzene rings is 5. The SMILES string of the molecule is O=C(O)CN(CCS(=O)(=O)O)C(=O)c1ccccc1-c1c2ccc(=[NH+]Cc3ccc(S(=O)(=O)O)cc3)c(S(=O)(=O)O)c-2oc2c(S(=O)(=O)O)c(NCc3ccccc3S(=O)(=O)O)ccc12. The van der Waals surface area contributed by atoms with Gasteiger partial charge in [0.05, 0.1) is 21.2 Å². The molecule has 4 aromatic carbocycles. The molecule has 0 atom stereocenters. The molecule has 0 saturated carbocycles. The lowest BCUT2D eigenvalue weighted by molar-refractivity contribution is -0.520. The summed E-state index contributed by atoms with van der Waals surface area (Å²) in [5.41, 5.74) is -2.19. The van der Waals surface area contributed by atoms with Crippen molar-refractivity contribution < 1.29 is 89.0 Å².